The Morgan fingerprint density at radius 1 is 0.524 bits per heavy atom. The lowest BCUT2D eigenvalue weighted by atomic mass is 10.3. The maximum absolute atomic E-state index is 7.50. The van der Waals surface area contributed by atoms with Crippen LogP contribution in [-0.2, 0) is 33.2 Å². The maximum Gasteiger partial charge on any atom is 0.346 e. The van der Waals surface area contributed by atoms with Crippen LogP contribution in [0.25, 0.3) is 0 Å². The van der Waals surface area contributed by atoms with Crippen molar-refractivity contribution in [3.63, 3.8) is 0 Å². The van der Waals surface area contributed by atoms with Crippen LogP contribution in [0.2, 0.25) is 111 Å². The highest BCUT2D eigenvalue weighted by Crippen LogP contribution is 2.35. The molecule has 1 aliphatic rings. The second-order valence-electron chi connectivity index (χ2n) is 20.6. The van der Waals surface area contributed by atoms with Gasteiger partial charge < -0.3 is 65.0 Å². The minimum absolute atomic E-state index is 0.255. The smallest absolute Gasteiger partial charge is 0.346 e. The van der Waals surface area contributed by atoms with E-state index in [1.807, 2.05) is 48.5 Å². The number of anilines is 2. The Bertz CT molecular complexity index is 1640. The third-order valence-electron chi connectivity index (χ3n) is 9.46. The van der Waals surface area contributed by atoms with E-state index in [4.69, 9.17) is 65.0 Å². The Morgan fingerprint density at radius 3 is 1.14 bits per heavy atom. The van der Waals surface area contributed by atoms with Crippen LogP contribution in [0.4, 0.5) is 11.4 Å². The fourth-order valence-electron chi connectivity index (χ4n) is 8.48. The predicted octanol–water partition coefficient (Wildman–Crippen LogP) is 10.1. The lowest BCUT2D eigenvalue weighted by Crippen LogP contribution is -2.67. The summed E-state index contributed by atoms with van der Waals surface area (Å²) in [7, 11) is -23.2. The van der Waals surface area contributed by atoms with E-state index in [0.29, 0.717) is 22.9 Å². The normalized spacial score (nSPS) is 17.5. The summed E-state index contributed by atoms with van der Waals surface area (Å²) >= 11 is 0. The van der Waals surface area contributed by atoms with Gasteiger partial charge in [0, 0.05) is 30.1 Å². The molecule has 0 bridgehead atoms. The highest BCUT2D eigenvalue weighted by Gasteiger charge is 2.55. The summed E-state index contributed by atoms with van der Waals surface area (Å²) in [5.74, 6) is 1.42. The zero-order chi connectivity index (χ0) is 48.3. The Morgan fingerprint density at radius 2 is 0.873 bits per heavy atom. The SMILES string of the molecule is CCCC(Oc1cccc(N)c1)[Si](C)(O[Si](C)(C)O[Si](C)(C)O[Si](C)(C)O[Si](C)(C)O[Si](C)(C)O[Si](C)(C)O[Si](C)(C)C)C(CCC)Oc1cccc(N)c1.N[Si]1(N)CCCCO1. The molecule has 0 spiro atoms. The highest BCUT2D eigenvalue weighted by molar-refractivity contribution is 6.92. The van der Waals surface area contributed by atoms with Crippen molar-refractivity contribution in [1.82, 2.24) is 0 Å². The van der Waals surface area contributed by atoms with Crippen LogP contribution in [-0.4, -0.2) is 94.7 Å². The average molecular weight is 1040 g/mol. The number of benzene rings is 2. The van der Waals surface area contributed by atoms with Crippen LogP contribution in [0.3, 0.4) is 0 Å². The second kappa shape index (κ2) is 23.5. The van der Waals surface area contributed by atoms with Gasteiger partial charge in [0.1, 0.15) is 23.0 Å². The zero-order valence-corrected chi connectivity index (χ0v) is 51.3. The van der Waals surface area contributed by atoms with E-state index < -0.39 is 76.6 Å². The lowest BCUT2D eigenvalue weighted by molar-refractivity contribution is 0.174. The molecule has 1 aliphatic heterocycles. The quantitative estimate of drug-likeness (QED) is 0.0573. The van der Waals surface area contributed by atoms with Crippen LogP contribution in [0.5, 0.6) is 11.5 Å². The van der Waals surface area contributed by atoms with Gasteiger partial charge in [-0.15, -0.1) is 0 Å². The molecule has 1 heterocycles. The van der Waals surface area contributed by atoms with Gasteiger partial charge in [-0.3, -0.25) is 0 Å². The number of rotatable bonds is 24. The van der Waals surface area contributed by atoms with E-state index in [1.54, 1.807) is 0 Å². The van der Waals surface area contributed by atoms with Gasteiger partial charge in [-0.25, -0.2) is 0 Å². The first-order chi connectivity index (χ1) is 28.5. The molecule has 2 atom stereocenters. The molecule has 2 aromatic carbocycles. The number of nitrogens with two attached hydrogens (primary N) is 4. The molecule has 0 aliphatic carbocycles. The summed E-state index contributed by atoms with van der Waals surface area (Å²) in [5, 5.41) is 11.1. The zero-order valence-electron chi connectivity index (χ0n) is 42.3. The van der Waals surface area contributed by atoms with E-state index in [2.05, 4.69) is 119 Å². The van der Waals surface area contributed by atoms with Crippen LogP contribution >= 0.6 is 0 Å². The Kier molecular flexibility index (Phi) is 21.7. The molecule has 14 nitrogen and oxygen atoms in total. The van der Waals surface area contributed by atoms with Gasteiger partial charge in [0.2, 0.25) is 0 Å². The number of nitrogen functional groups attached to an aromatic ring is 2. The Hall–Kier alpha value is -0.808. The van der Waals surface area contributed by atoms with Gasteiger partial charge in [-0.1, -0.05) is 38.8 Å². The van der Waals surface area contributed by atoms with E-state index in [9.17, 15) is 0 Å². The predicted molar refractivity (Wildman–Crippen MR) is 282 cm³/mol. The summed E-state index contributed by atoms with van der Waals surface area (Å²) < 4.78 is 67.2. The van der Waals surface area contributed by atoms with Crippen LogP contribution < -0.4 is 31.7 Å². The minimum atomic E-state index is -3.01. The molecule has 3 rings (SSSR count). The molecular formula is C40H88N4O10Si9. The van der Waals surface area contributed by atoms with Gasteiger partial charge in [0.15, 0.2) is 8.32 Å². The van der Waals surface area contributed by atoms with Gasteiger partial charge in [0.25, 0.3) is 8.32 Å². The van der Waals surface area contributed by atoms with Crippen molar-refractivity contribution in [3.8, 4) is 11.5 Å². The number of hydrogen-bond donors (Lipinski definition) is 4. The summed E-state index contributed by atoms with van der Waals surface area (Å²) in [6, 6.07) is 16.1. The monoisotopic (exact) mass is 1040 g/mol. The van der Waals surface area contributed by atoms with E-state index in [-0.39, 0.29) is 11.5 Å². The van der Waals surface area contributed by atoms with E-state index >= 15 is 0 Å². The molecule has 1 saturated heterocycles. The van der Waals surface area contributed by atoms with Crippen molar-refractivity contribution in [2.45, 2.75) is 175 Å². The molecule has 23 heteroatoms. The molecule has 0 saturated carbocycles. The van der Waals surface area contributed by atoms with E-state index in [0.717, 1.165) is 51.2 Å². The van der Waals surface area contributed by atoms with Crippen LogP contribution in [0.1, 0.15) is 52.4 Å². The van der Waals surface area contributed by atoms with Crippen LogP contribution in [0, 0.1) is 0 Å². The lowest BCUT2D eigenvalue weighted by Gasteiger charge is -2.47. The van der Waals surface area contributed by atoms with Crippen molar-refractivity contribution in [2.24, 2.45) is 10.8 Å². The molecule has 0 radical (unpaired) electrons. The van der Waals surface area contributed by atoms with Gasteiger partial charge in [0.05, 0.1) is 0 Å². The van der Waals surface area contributed by atoms with Crippen molar-refractivity contribution in [1.29, 1.82) is 0 Å². The first-order valence-corrected chi connectivity index (χ1v) is 47.8. The minimum Gasteiger partial charge on any atom is -0.491 e. The summed E-state index contributed by atoms with van der Waals surface area (Å²) in [6.45, 7) is 39.0. The van der Waals surface area contributed by atoms with Crippen LogP contribution in [0.15, 0.2) is 48.5 Å². The molecule has 364 valence electrons. The topological polar surface area (TPSA) is 196 Å². The first-order valence-electron chi connectivity index (χ1n) is 22.7. The molecule has 8 N–H and O–H groups in total. The molecule has 0 aromatic heterocycles. The molecule has 2 aromatic rings. The molecule has 2 unspecified atom stereocenters. The Balaban J connectivity index is 0.00000152. The fraction of sp³-hybridized carbons (Fsp3) is 0.700. The standard InChI is InChI=1S/C36H76N2O9Si8.C4H12N2OSi/c1-19-23-35(39-33-27-21-25-31(37)29-33)55(18,36(24-20-2)40-34-28-22-26-32(38)30-34)47-54(16,17)46-53(14,15)45-52(12,13)44-51(10,11)43-50(8,9)42-49(6,7)41-48(3,4)5;5-8(6)4-2-1-3-7-8/h21-22,25-30,35-36H,19-20,23-24,37-38H2,1-18H3;1-6H2. The second-order valence-corrected chi connectivity index (χ2v) is 53.7. The Labute approximate surface area is 392 Å². The van der Waals surface area contributed by atoms with Gasteiger partial charge in [-0.2, -0.15) is 0 Å². The maximum atomic E-state index is 7.50. The highest BCUT2D eigenvalue weighted by atomic mass is 28.5. The summed E-state index contributed by atoms with van der Waals surface area (Å²) in [5.41, 5.74) is 13.2. The fourth-order valence-corrected chi connectivity index (χ4v) is 50.9. The first kappa shape index (κ1) is 58.3. The van der Waals surface area contributed by atoms with Gasteiger partial charge in [-0.05, 0) is 161 Å². The molecular weight excluding hydrogens is 949 g/mol. The van der Waals surface area contributed by atoms with Crippen molar-refractivity contribution in [3.05, 3.63) is 48.5 Å². The summed E-state index contributed by atoms with van der Waals surface area (Å²) in [4.78, 5) is 0. The third-order valence-corrected chi connectivity index (χ3v) is 42.5. The van der Waals surface area contributed by atoms with Crippen molar-refractivity contribution in [2.75, 3.05) is 18.1 Å². The average Bonchev–Trinajstić information content (AvgIpc) is 3.04. The number of ether oxygens (including phenoxy) is 2. The van der Waals surface area contributed by atoms with Crippen molar-refractivity contribution >= 4 is 88.0 Å². The summed E-state index contributed by atoms with van der Waals surface area (Å²) in [6.07, 6.45) is 5.64. The third kappa shape index (κ3) is 22.7. The molecule has 63 heavy (non-hydrogen) atoms. The van der Waals surface area contributed by atoms with E-state index in [1.165, 1.54) is 0 Å². The number of hydrogen-bond acceptors (Lipinski definition) is 14. The van der Waals surface area contributed by atoms with Gasteiger partial charge >= 0.3 is 60.0 Å². The largest absolute Gasteiger partial charge is 0.491 e. The molecule has 1 fully saturated rings. The molecule has 0 amide bonds. The van der Waals surface area contributed by atoms with Crippen molar-refractivity contribution < 1.29 is 42.7 Å².